The maximum Gasteiger partial charge on any atom is 0.127 e. The third-order valence-electron chi connectivity index (χ3n) is 2.76. The Morgan fingerprint density at radius 3 is 2.73 bits per heavy atom. The summed E-state index contributed by atoms with van der Waals surface area (Å²) in [7, 11) is 0. The van der Waals surface area contributed by atoms with Crippen LogP contribution in [0.4, 0.5) is 4.39 Å². The van der Waals surface area contributed by atoms with Gasteiger partial charge in [0.1, 0.15) is 5.82 Å². The molecule has 0 bridgehead atoms. The van der Waals surface area contributed by atoms with E-state index in [1.807, 2.05) is 19.1 Å². The van der Waals surface area contributed by atoms with Gasteiger partial charge in [0.2, 0.25) is 0 Å². The number of benzene rings is 1. The highest BCUT2D eigenvalue weighted by atomic mass is 19.1. The number of hydrogen-bond acceptors (Lipinski definition) is 0. The van der Waals surface area contributed by atoms with Gasteiger partial charge in [0.05, 0.1) is 0 Å². The van der Waals surface area contributed by atoms with Crippen molar-refractivity contribution < 1.29 is 4.39 Å². The van der Waals surface area contributed by atoms with Crippen molar-refractivity contribution in [3.63, 3.8) is 0 Å². The van der Waals surface area contributed by atoms with E-state index in [1.165, 1.54) is 0 Å². The first-order valence-electron chi connectivity index (χ1n) is 5.46. The van der Waals surface area contributed by atoms with Crippen LogP contribution in [0.15, 0.2) is 36.4 Å². The lowest BCUT2D eigenvalue weighted by molar-refractivity contribution is 0.612. The van der Waals surface area contributed by atoms with E-state index in [0.717, 1.165) is 36.0 Å². The highest BCUT2D eigenvalue weighted by Crippen LogP contribution is 2.23. The fourth-order valence-corrected chi connectivity index (χ4v) is 1.84. The van der Waals surface area contributed by atoms with E-state index in [1.54, 1.807) is 6.07 Å². The molecule has 0 nitrogen and oxygen atoms in total. The van der Waals surface area contributed by atoms with Crippen LogP contribution in [0.1, 0.15) is 30.9 Å². The Balaban J connectivity index is 2.33. The summed E-state index contributed by atoms with van der Waals surface area (Å²) < 4.78 is 13.6. The van der Waals surface area contributed by atoms with Gasteiger partial charge in [-0.05, 0) is 42.0 Å². The molecule has 1 heteroatoms. The van der Waals surface area contributed by atoms with Crippen molar-refractivity contribution in [1.82, 2.24) is 0 Å². The Kier molecular flexibility index (Phi) is 3.00. The monoisotopic (exact) mass is 202 g/mol. The smallest absolute Gasteiger partial charge is 0.127 e. The van der Waals surface area contributed by atoms with E-state index in [0.29, 0.717) is 0 Å². The van der Waals surface area contributed by atoms with Gasteiger partial charge in [0, 0.05) is 0 Å². The van der Waals surface area contributed by atoms with Gasteiger partial charge in [-0.1, -0.05) is 37.3 Å². The van der Waals surface area contributed by atoms with Crippen LogP contribution in [0.5, 0.6) is 0 Å². The molecule has 1 aliphatic rings. The topological polar surface area (TPSA) is 0 Å². The van der Waals surface area contributed by atoms with Crippen molar-refractivity contribution in [3.8, 4) is 0 Å². The first kappa shape index (κ1) is 10.2. The van der Waals surface area contributed by atoms with Gasteiger partial charge in [-0.25, -0.2) is 4.39 Å². The van der Waals surface area contributed by atoms with Crippen LogP contribution in [0, 0.1) is 5.82 Å². The minimum atomic E-state index is -0.0881. The molecule has 0 saturated heterocycles. The molecule has 0 aliphatic heterocycles. The third-order valence-corrected chi connectivity index (χ3v) is 2.76. The van der Waals surface area contributed by atoms with Crippen LogP contribution >= 0.6 is 0 Å². The summed E-state index contributed by atoms with van der Waals surface area (Å²) in [5.74, 6) is -0.0881. The Hall–Kier alpha value is -1.37. The SMILES string of the molecule is CCc1ccc(C2=CCCC=C2)cc1F. The number of halogens is 1. The molecule has 0 amide bonds. The molecule has 15 heavy (non-hydrogen) atoms. The van der Waals surface area contributed by atoms with Gasteiger partial charge >= 0.3 is 0 Å². The van der Waals surface area contributed by atoms with E-state index in [2.05, 4.69) is 18.2 Å². The lowest BCUT2D eigenvalue weighted by atomic mass is 9.98. The maximum absolute atomic E-state index is 13.6. The molecule has 0 unspecified atom stereocenters. The lowest BCUT2D eigenvalue weighted by Crippen LogP contribution is -1.91. The number of rotatable bonds is 2. The molecule has 0 heterocycles. The molecule has 0 spiro atoms. The first-order valence-corrected chi connectivity index (χ1v) is 5.46. The maximum atomic E-state index is 13.6. The molecule has 78 valence electrons. The quantitative estimate of drug-likeness (QED) is 0.676. The van der Waals surface area contributed by atoms with E-state index in [-0.39, 0.29) is 5.82 Å². The minimum absolute atomic E-state index is 0.0881. The van der Waals surface area contributed by atoms with Gasteiger partial charge in [0.15, 0.2) is 0 Å². The summed E-state index contributed by atoms with van der Waals surface area (Å²) in [5, 5.41) is 0. The van der Waals surface area contributed by atoms with Crippen molar-refractivity contribution in [1.29, 1.82) is 0 Å². The van der Waals surface area contributed by atoms with Crippen LogP contribution < -0.4 is 0 Å². The van der Waals surface area contributed by atoms with Crippen molar-refractivity contribution in [3.05, 3.63) is 53.4 Å². The predicted octanol–water partition coefficient (Wildman–Crippen LogP) is 4.12. The molecule has 0 N–H and O–H groups in total. The zero-order chi connectivity index (χ0) is 10.7. The minimum Gasteiger partial charge on any atom is -0.207 e. The zero-order valence-corrected chi connectivity index (χ0v) is 8.96. The van der Waals surface area contributed by atoms with Gasteiger partial charge in [-0.3, -0.25) is 0 Å². The first-order chi connectivity index (χ1) is 7.31. The zero-order valence-electron chi connectivity index (χ0n) is 8.96. The highest BCUT2D eigenvalue weighted by Gasteiger charge is 2.05. The van der Waals surface area contributed by atoms with Crippen molar-refractivity contribution >= 4 is 5.57 Å². The van der Waals surface area contributed by atoms with Crippen LogP contribution in [0.2, 0.25) is 0 Å². The lowest BCUT2D eigenvalue weighted by Gasteiger charge is -2.08. The number of allylic oxidation sites excluding steroid dienone is 4. The number of hydrogen-bond donors (Lipinski definition) is 0. The summed E-state index contributed by atoms with van der Waals surface area (Å²) >= 11 is 0. The molecule has 0 saturated carbocycles. The molecule has 1 aromatic carbocycles. The van der Waals surface area contributed by atoms with Gasteiger partial charge < -0.3 is 0 Å². The summed E-state index contributed by atoms with van der Waals surface area (Å²) in [5.41, 5.74) is 2.92. The van der Waals surface area contributed by atoms with E-state index < -0.39 is 0 Å². The second-order valence-electron chi connectivity index (χ2n) is 3.80. The second-order valence-corrected chi connectivity index (χ2v) is 3.80. The second kappa shape index (κ2) is 4.43. The molecule has 1 aromatic rings. The van der Waals surface area contributed by atoms with Crippen LogP contribution in [-0.4, -0.2) is 0 Å². The fraction of sp³-hybridized carbons (Fsp3) is 0.286. The molecule has 0 fully saturated rings. The molecule has 0 aromatic heterocycles. The third kappa shape index (κ3) is 2.17. The Bertz CT molecular complexity index is 413. The normalized spacial score (nSPS) is 15.2. The van der Waals surface area contributed by atoms with Gasteiger partial charge in [-0.2, -0.15) is 0 Å². The largest absolute Gasteiger partial charge is 0.207 e. The Morgan fingerprint density at radius 2 is 2.13 bits per heavy atom. The summed E-state index contributed by atoms with van der Waals surface area (Å²) in [6, 6.07) is 5.53. The summed E-state index contributed by atoms with van der Waals surface area (Å²) in [6.45, 7) is 1.97. The summed E-state index contributed by atoms with van der Waals surface area (Å²) in [4.78, 5) is 0. The average molecular weight is 202 g/mol. The van der Waals surface area contributed by atoms with Crippen molar-refractivity contribution in [2.24, 2.45) is 0 Å². The van der Waals surface area contributed by atoms with Crippen molar-refractivity contribution in [2.45, 2.75) is 26.2 Å². The van der Waals surface area contributed by atoms with Crippen molar-refractivity contribution in [2.75, 3.05) is 0 Å². The van der Waals surface area contributed by atoms with Crippen LogP contribution in [0.3, 0.4) is 0 Å². The van der Waals surface area contributed by atoms with E-state index >= 15 is 0 Å². The van der Waals surface area contributed by atoms with Gasteiger partial charge in [0.25, 0.3) is 0 Å². The molecule has 1 aliphatic carbocycles. The number of aryl methyl sites for hydroxylation is 1. The van der Waals surface area contributed by atoms with Gasteiger partial charge in [-0.15, -0.1) is 0 Å². The standard InChI is InChI=1S/C14H15F/c1-2-11-8-9-13(10-14(11)15)12-6-4-3-5-7-12/h4,6-10H,2-3,5H2,1H3. The van der Waals surface area contributed by atoms with E-state index in [4.69, 9.17) is 0 Å². The van der Waals surface area contributed by atoms with Crippen LogP contribution in [0.25, 0.3) is 5.57 Å². The molecule has 0 atom stereocenters. The molecule has 0 radical (unpaired) electrons. The summed E-state index contributed by atoms with van der Waals surface area (Å²) in [6.07, 6.45) is 9.29. The average Bonchev–Trinajstić information content (AvgIpc) is 2.30. The van der Waals surface area contributed by atoms with E-state index in [9.17, 15) is 4.39 Å². The highest BCUT2D eigenvalue weighted by molar-refractivity contribution is 5.74. The van der Waals surface area contributed by atoms with Crippen LogP contribution in [-0.2, 0) is 6.42 Å². The Morgan fingerprint density at radius 1 is 1.27 bits per heavy atom. The molecular weight excluding hydrogens is 187 g/mol. The molecule has 2 rings (SSSR count). The molecular formula is C14H15F. The Labute approximate surface area is 90.1 Å². The fourth-order valence-electron chi connectivity index (χ4n) is 1.84. The predicted molar refractivity (Wildman–Crippen MR) is 62.1 cm³/mol.